The van der Waals surface area contributed by atoms with E-state index in [1.807, 2.05) is 67.7 Å². The summed E-state index contributed by atoms with van der Waals surface area (Å²) in [5, 5.41) is 7.26. The van der Waals surface area contributed by atoms with E-state index in [4.69, 9.17) is 9.97 Å². The normalized spacial score (nSPS) is 13.6. The van der Waals surface area contributed by atoms with Gasteiger partial charge in [0.25, 0.3) is 0 Å². The summed E-state index contributed by atoms with van der Waals surface area (Å²) in [6, 6.07) is 74.0. The second-order valence-electron chi connectivity index (χ2n) is 16.3. The van der Waals surface area contributed by atoms with Crippen molar-refractivity contribution in [2.45, 2.75) is 6.17 Å². The van der Waals surface area contributed by atoms with E-state index < -0.39 is 14.2 Å². The first-order valence-electron chi connectivity index (χ1n) is 21.4. The number of alkyl halides is 1. The number of hydrogen-bond donors (Lipinski definition) is 0. The molecule has 0 N–H and O–H groups in total. The quantitative estimate of drug-likeness (QED) is 0.150. The summed E-state index contributed by atoms with van der Waals surface area (Å²) in [6.45, 7) is 0. The van der Waals surface area contributed by atoms with Crippen molar-refractivity contribution >= 4 is 78.9 Å². The van der Waals surface area contributed by atoms with E-state index in [1.165, 1.54) is 20.7 Å². The molecule has 8 aromatic carbocycles. The van der Waals surface area contributed by atoms with E-state index in [1.54, 1.807) is 0 Å². The molecule has 0 spiro atoms. The molecule has 63 heavy (non-hydrogen) atoms. The molecule has 11 aromatic rings. The Balaban J connectivity index is 1.09. The van der Waals surface area contributed by atoms with Crippen LogP contribution in [0.15, 0.2) is 219 Å². The Hall–Kier alpha value is -7.87. The van der Waals surface area contributed by atoms with Crippen molar-refractivity contribution < 1.29 is 4.39 Å². The van der Waals surface area contributed by atoms with Crippen LogP contribution in [0.4, 0.5) is 21.5 Å². The smallest absolute Gasteiger partial charge is 0.186 e. The summed E-state index contributed by atoms with van der Waals surface area (Å²) in [5.74, 6) is 0.803. The lowest BCUT2D eigenvalue weighted by Gasteiger charge is -2.45. The molecule has 1 aliphatic rings. The molecule has 3 aromatic heterocycles. The van der Waals surface area contributed by atoms with Crippen LogP contribution in [0.25, 0.3) is 50.0 Å². The minimum absolute atomic E-state index is 0.568. The van der Waals surface area contributed by atoms with Gasteiger partial charge in [0.2, 0.25) is 0 Å². The molecule has 0 saturated carbocycles. The number of pyridine rings is 1. The number of benzene rings is 8. The number of aryl methyl sites for hydroxylation is 1. The number of imidazole rings is 1. The van der Waals surface area contributed by atoms with Crippen molar-refractivity contribution in [3.8, 4) is 17.1 Å². The van der Waals surface area contributed by atoms with Crippen molar-refractivity contribution in [3.63, 3.8) is 0 Å². The van der Waals surface area contributed by atoms with Crippen LogP contribution in [0.5, 0.6) is 0 Å². The largest absolute Gasteiger partial charge is 0.327 e. The van der Waals surface area contributed by atoms with Crippen LogP contribution in [0.2, 0.25) is 0 Å². The van der Waals surface area contributed by atoms with E-state index >= 15 is 4.39 Å². The zero-order chi connectivity index (χ0) is 42.1. The van der Waals surface area contributed by atoms with E-state index in [0.29, 0.717) is 11.1 Å². The van der Waals surface area contributed by atoms with Crippen LogP contribution in [0.1, 0.15) is 17.3 Å². The second-order valence-corrected chi connectivity index (χ2v) is 20.0. The van der Waals surface area contributed by atoms with Crippen molar-refractivity contribution in [2.24, 2.45) is 7.05 Å². The lowest BCUT2D eigenvalue weighted by molar-refractivity contribution is 0.402. The number of hydrogen-bond acceptors (Lipinski definition) is 3. The summed E-state index contributed by atoms with van der Waals surface area (Å²) in [4.78, 5) is 12.9. The molecular formula is C56H40FN5Si. The predicted molar refractivity (Wildman–Crippen MR) is 260 cm³/mol. The molecule has 300 valence electrons. The number of rotatable bonds is 7. The van der Waals surface area contributed by atoms with Crippen molar-refractivity contribution in [1.29, 1.82) is 0 Å². The molecule has 12 rings (SSSR count). The third kappa shape index (κ3) is 5.60. The fraction of sp³-hybridized carbons (Fsp3) is 0.0357. The number of para-hydroxylation sites is 5. The minimum Gasteiger partial charge on any atom is -0.327 e. The van der Waals surface area contributed by atoms with Crippen LogP contribution in [0.3, 0.4) is 0 Å². The molecule has 7 heteroatoms. The standard InChI is InChI=1S/C56H40FN5Si/c1-60-48-32-14-12-30-46(48)59-55(60)40-21-17-19-38(35-40)53(57)39-20-18-24-42(36-39)62-47-31-13-11-29-45(47)52-54-51(37-58-56(52)62)63(43-25-7-3-8-26-43,44-27-9-4-10-28-44)50-34-16-15-33-49(50)61(54)41-22-5-2-6-23-41/h2-37,53H,1H3. The fourth-order valence-electron chi connectivity index (χ4n) is 10.2. The van der Waals surface area contributed by atoms with Gasteiger partial charge in [-0.3, -0.25) is 4.57 Å². The lowest BCUT2D eigenvalue weighted by Crippen LogP contribution is -2.77. The van der Waals surface area contributed by atoms with Crippen LogP contribution in [0, 0.1) is 0 Å². The molecule has 0 bridgehead atoms. The topological polar surface area (TPSA) is 38.9 Å². The van der Waals surface area contributed by atoms with Crippen molar-refractivity contribution in [3.05, 3.63) is 230 Å². The van der Waals surface area contributed by atoms with Gasteiger partial charge in [-0.05, 0) is 86.5 Å². The molecule has 1 atom stereocenters. The number of halogens is 1. The first-order valence-corrected chi connectivity index (χ1v) is 23.4. The van der Waals surface area contributed by atoms with Gasteiger partial charge < -0.3 is 9.47 Å². The van der Waals surface area contributed by atoms with Crippen LogP contribution >= 0.6 is 0 Å². The molecule has 0 aliphatic carbocycles. The molecular weight excluding hydrogens is 790 g/mol. The maximum atomic E-state index is 17.1. The third-order valence-corrected chi connectivity index (χ3v) is 17.7. The highest BCUT2D eigenvalue weighted by Crippen LogP contribution is 2.45. The highest BCUT2D eigenvalue weighted by Gasteiger charge is 2.50. The van der Waals surface area contributed by atoms with Gasteiger partial charge in [-0.15, -0.1) is 0 Å². The third-order valence-electron chi connectivity index (χ3n) is 12.9. The molecule has 5 nitrogen and oxygen atoms in total. The SMILES string of the molecule is Cn1c(-c2cccc(C(F)c3cccc(-n4c5ccccc5c5c6c(cnc54)[Si](c4ccccc4)(c4ccccc4)c4ccccc4N6c4ccccc4)c3)c2)nc2ccccc21. The van der Waals surface area contributed by atoms with Crippen molar-refractivity contribution in [1.82, 2.24) is 19.1 Å². The molecule has 4 heterocycles. The van der Waals surface area contributed by atoms with Gasteiger partial charge in [-0.1, -0.05) is 158 Å². The number of aromatic nitrogens is 4. The highest BCUT2D eigenvalue weighted by molar-refractivity contribution is 7.21. The monoisotopic (exact) mass is 829 g/mol. The molecule has 0 amide bonds. The zero-order valence-corrected chi connectivity index (χ0v) is 35.5. The van der Waals surface area contributed by atoms with Crippen LogP contribution < -0.4 is 25.6 Å². The van der Waals surface area contributed by atoms with Gasteiger partial charge in [0.15, 0.2) is 14.2 Å². The summed E-state index contributed by atoms with van der Waals surface area (Å²) < 4.78 is 21.4. The molecule has 1 aliphatic heterocycles. The average molecular weight is 830 g/mol. The summed E-state index contributed by atoms with van der Waals surface area (Å²) in [6.07, 6.45) is 0.779. The Labute approximate surface area is 365 Å². The first-order chi connectivity index (χ1) is 31.1. The highest BCUT2D eigenvalue weighted by atomic mass is 28.3. The van der Waals surface area contributed by atoms with Gasteiger partial charge in [0.05, 0.1) is 27.6 Å². The van der Waals surface area contributed by atoms with E-state index in [0.717, 1.165) is 67.1 Å². The number of fused-ring (bicyclic) bond motifs is 7. The van der Waals surface area contributed by atoms with E-state index in [9.17, 15) is 0 Å². The summed E-state index contributed by atoms with van der Waals surface area (Å²) >= 11 is 0. The van der Waals surface area contributed by atoms with Gasteiger partial charge in [0, 0.05) is 41.3 Å². The maximum absolute atomic E-state index is 17.1. The van der Waals surface area contributed by atoms with Crippen LogP contribution in [-0.2, 0) is 7.05 Å². The summed E-state index contributed by atoms with van der Waals surface area (Å²) in [5.41, 5.74) is 9.98. The minimum atomic E-state index is -3.00. The van der Waals surface area contributed by atoms with E-state index in [2.05, 4.69) is 172 Å². The molecule has 0 saturated heterocycles. The lowest BCUT2D eigenvalue weighted by atomic mass is 10.00. The van der Waals surface area contributed by atoms with Gasteiger partial charge in [-0.25, -0.2) is 14.4 Å². The van der Waals surface area contributed by atoms with Crippen molar-refractivity contribution in [2.75, 3.05) is 4.90 Å². The molecule has 1 unspecified atom stereocenters. The Morgan fingerprint density at radius 1 is 0.540 bits per heavy atom. The fourth-order valence-corrected chi connectivity index (χ4v) is 15.2. The Morgan fingerprint density at radius 3 is 1.89 bits per heavy atom. The first kappa shape index (κ1) is 36.9. The average Bonchev–Trinajstić information content (AvgIpc) is 3.88. The van der Waals surface area contributed by atoms with Gasteiger partial charge in [-0.2, -0.15) is 0 Å². The molecule has 0 radical (unpaired) electrons. The maximum Gasteiger partial charge on any atom is 0.186 e. The van der Waals surface area contributed by atoms with Gasteiger partial charge in [0.1, 0.15) is 11.5 Å². The van der Waals surface area contributed by atoms with Crippen LogP contribution in [-0.4, -0.2) is 27.2 Å². The van der Waals surface area contributed by atoms with Gasteiger partial charge >= 0.3 is 0 Å². The number of anilines is 3. The Kier molecular flexibility index (Phi) is 8.59. The Morgan fingerprint density at radius 2 is 1.14 bits per heavy atom. The number of nitrogens with zero attached hydrogens (tertiary/aromatic N) is 5. The summed E-state index contributed by atoms with van der Waals surface area (Å²) in [7, 11) is -0.991. The second kappa shape index (κ2) is 14.6. The predicted octanol–water partition coefficient (Wildman–Crippen LogP) is 11.0. The zero-order valence-electron chi connectivity index (χ0n) is 34.5. The Bertz CT molecular complexity index is 3470. The van der Waals surface area contributed by atoms with E-state index in [-0.39, 0.29) is 0 Å². The molecule has 0 fully saturated rings.